The molecule has 4 heteroatoms. The van der Waals surface area contributed by atoms with Gasteiger partial charge in [0, 0.05) is 16.7 Å². The fourth-order valence-electron chi connectivity index (χ4n) is 2.54. The van der Waals surface area contributed by atoms with Crippen LogP contribution in [0.5, 0.6) is 0 Å². The Morgan fingerprint density at radius 2 is 2.17 bits per heavy atom. The number of amides is 1. The number of carbonyl (C=O) groups is 1. The van der Waals surface area contributed by atoms with E-state index in [1.807, 2.05) is 6.07 Å². The van der Waals surface area contributed by atoms with Gasteiger partial charge < -0.3 is 5.32 Å². The molecule has 18 heavy (non-hydrogen) atoms. The lowest BCUT2D eigenvalue weighted by Gasteiger charge is -2.34. The summed E-state index contributed by atoms with van der Waals surface area (Å²) in [6, 6.07) is 3.87. The Bertz CT molecular complexity index is 418. The van der Waals surface area contributed by atoms with Crippen molar-refractivity contribution < 1.29 is 4.79 Å². The topological polar surface area (TPSA) is 42.0 Å². The standard InChI is InChI=1S/C14H19BrN2O/c1-9-4-3-5-12(10(9)2)17-14(18)13-7-6-11(15)8-16-13/h6-10,12H,3-5H2,1-2H3,(H,17,18). The summed E-state index contributed by atoms with van der Waals surface area (Å²) in [5, 5.41) is 3.12. The monoisotopic (exact) mass is 310 g/mol. The Morgan fingerprint density at radius 3 is 2.83 bits per heavy atom. The Labute approximate surface area is 117 Å². The molecule has 0 spiro atoms. The van der Waals surface area contributed by atoms with Crippen molar-refractivity contribution in [2.75, 3.05) is 0 Å². The van der Waals surface area contributed by atoms with Gasteiger partial charge in [-0.25, -0.2) is 4.98 Å². The lowest BCUT2D eigenvalue weighted by Crippen LogP contribution is -2.43. The molecule has 98 valence electrons. The summed E-state index contributed by atoms with van der Waals surface area (Å²) < 4.78 is 0.888. The normalized spacial score (nSPS) is 27.8. The maximum atomic E-state index is 12.1. The predicted molar refractivity (Wildman–Crippen MR) is 75.4 cm³/mol. The van der Waals surface area contributed by atoms with Gasteiger partial charge in [-0.2, -0.15) is 0 Å². The third-order valence-electron chi connectivity index (χ3n) is 3.98. The number of aromatic nitrogens is 1. The Balaban J connectivity index is 2.00. The molecule has 3 unspecified atom stereocenters. The molecule has 1 amide bonds. The van der Waals surface area contributed by atoms with Crippen molar-refractivity contribution in [3.63, 3.8) is 0 Å². The summed E-state index contributed by atoms with van der Waals surface area (Å²) in [6.07, 6.45) is 5.20. The van der Waals surface area contributed by atoms with E-state index in [4.69, 9.17) is 0 Å². The first-order chi connectivity index (χ1) is 8.58. The minimum atomic E-state index is -0.0616. The molecule has 1 aromatic heterocycles. The third kappa shape index (κ3) is 3.10. The quantitative estimate of drug-likeness (QED) is 0.909. The molecular weight excluding hydrogens is 292 g/mol. The van der Waals surface area contributed by atoms with Crippen LogP contribution in [0.1, 0.15) is 43.6 Å². The molecule has 1 aliphatic rings. The molecule has 3 nitrogen and oxygen atoms in total. The van der Waals surface area contributed by atoms with E-state index in [1.165, 1.54) is 12.8 Å². The van der Waals surface area contributed by atoms with Crippen molar-refractivity contribution in [1.29, 1.82) is 0 Å². The first-order valence-electron chi connectivity index (χ1n) is 6.50. The Morgan fingerprint density at radius 1 is 1.39 bits per heavy atom. The van der Waals surface area contributed by atoms with Crippen molar-refractivity contribution in [2.24, 2.45) is 11.8 Å². The molecular formula is C14H19BrN2O. The smallest absolute Gasteiger partial charge is 0.270 e. The van der Waals surface area contributed by atoms with Crippen LogP contribution in [0.3, 0.4) is 0 Å². The molecule has 0 saturated heterocycles. The van der Waals surface area contributed by atoms with Gasteiger partial charge in [0.15, 0.2) is 0 Å². The van der Waals surface area contributed by atoms with Gasteiger partial charge in [-0.3, -0.25) is 4.79 Å². The molecule has 0 aromatic carbocycles. The zero-order valence-electron chi connectivity index (χ0n) is 10.8. The summed E-state index contributed by atoms with van der Waals surface area (Å²) in [7, 11) is 0. The summed E-state index contributed by atoms with van der Waals surface area (Å²) in [6.45, 7) is 4.49. The highest BCUT2D eigenvalue weighted by molar-refractivity contribution is 9.10. The Kier molecular flexibility index (Phi) is 4.38. The molecule has 1 aromatic rings. The SMILES string of the molecule is CC1CCCC(NC(=O)c2ccc(Br)cn2)C1C. The van der Waals surface area contributed by atoms with Gasteiger partial charge in [-0.1, -0.05) is 26.7 Å². The summed E-state index contributed by atoms with van der Waals surface area (Å²) in [5.41, 5.74) is 0.489. The third-order valence-corrected chi connectivity index (χ3v) is 4.45. The molecule has 1 fully saturated rings. The lowest BCUT2D eigenvalue weighted by atomic mass is 9.78. The van der Waals surface area contributed by atoms with E-state index in [9.17, 15) is 4.79 Å². The molecule has 0 bridgehead atoms. The summed E-state index contributed by atoms with van der Waals surface area (Å²) in [5.74, 6) is 1.16. The van der Waals surface area contributed by atoms with Crippen LogP contribution >= 0.6 is 15.9 Å². The van der Waals surface area contributed by atoms with E-state index >= 15 is 0 Å². The maximum absolute atomic E-state index is 12.1. The van der Waals surface area contributed by atoms with Gasteiger partial charge in [0.05, 0.1) is 0 Å². The molecule has 2 rings (SSSR count). The van der Waals surface area contributed by atoms with Crippen LogP contribution in [-0.4, -0.2) is 16.9 Å². The average Bonchev–Trinajstić information content (AvgIpc) is 2.36. The first-order valence-corrected chi connectivity index (χ1v) is 7.29. The van der Waals surface area contributed by atoms with Gasteiger partial charge in [-0.05, 0) is 46.3 Å². The van der Waals surface area contributed by atoms with Crippen LogP contribution in [0.15, 0.2) is 22.8 Å². The number of nitrogens with one attached hydrogen (secondary N) is 1. The lowest BCUT2D eigenvalue weighted by molar-refractivity contribution is 0.0886. The highest BCUT2D eigenvalue weighted by Gasteiger charge is 2.28. The number of pyridine rings is 1. The van der Waals surface area contributed by atoms with Crippen molar-refractivity contribution in [1.82, 2.24) is 10.3 Å². The zero-order chi connectivity index (χ0) is 13.1. The first kappa shape index (κ1) is 13.5. The van der Waals surface area contributed by atoms with Crippen molar-refractivity contribution >= 4 is 21.8 Å². The van der Waals surface area contributed by atoms with Crippen molar-refractivity contribution in [3.05, 3.63) is 28.5 Å². The zero-order valence-corrected chi connectivity index (χ0v) is 12.4. The fraction of sp³-hybridized carbons (Fsp3) is 0.571. The van der Waals surface area contributed by atoms with E-state index in [0.717, 1.165) is 10.9 Å². The number of hydrogen-bond donors (Lipinski definition) is 1. The van der Waals surface area contributed by atoms with Gasteiger partial charge in [0.1, 0.15) is 5.69 Å². The highest BCUT2D eigenvalue weighted by Crippen LogP contribution is 2.29. The van der Waals surface area contributed by atoms with Crippen LogP contribution in [0.2, 0.25) is 0 Å². The minimum Gasteiger partial charge on any atom is -0.348 e. The average molecular weight is 311 g/mol. The van der Waals surface area contributed by atoms with Crippen LogP contribution in [0.25, 0.3) is 0 Å². The van der Waals surface area contributed by atoms with Gasteiger partial charge >= 0.3 is 0 Å². The second-order valence-corrected chi connectivity index (χ2v) is 6.12. The van der Waals surface area contributed by atoms with E-state index in [0.29, 0.717) is 17.5 Å². The van der Waals surface area contributed by atoms with Crippen LogP contribution in [0, 0.1) is 11.8 Å². The second-order valence-electron chi connectivity index (χ2n) is 5.21. The van der Waals surface area contributed by atoms with Gasteiger partial charge in [0.2, 0.25) is 0 Å². The van der Waals surface area contributed by atoms with Crippen molar-refractivity contribution in [2.45, 2.75) is 39.2 Å². The summed E-state index contributed by atoms with van der Waals surface area (Å²) in [4.78, 5) is 16.2. The minimum absolute atomic E-state index is 0.0616. The molecule has 0 aliphatic heterocycles. The number of hydrogen-bond acceptors (Lipinski definition) is 2. The second kappa shape index (κ2) is 5.83. The van der Waals surface area contributed by atoms with E-state index in [-0.39, 0.29) is 11.9 Å². The fourth-order valence-corrected chi connectivity index (χ4v) is 2.77. The molecule has 1 aliphatic carbocycles. The number of halogens is 1. The van der Waals surface area contributed by atoms with E-state index in [2.05, 4.69) is 40.1 Å². The van der Waals surface area contributed by atoms with Crippen LogP contribution in [-0.2, 0) is 0 Å². The number of carbonyl (C=O) groups excluding carboxylic acids is 1. The molecule has 0 radical (unpaired) electrons. The largest absolute Gasteiger partial charge is 0.348 e. The number of rotatable bonds is 2. The number of nitrogens with zero attached hydrogens (tertiary/aromatic N) is 1. The van der Waals surface area contributed by atoms with Crippen LogP contribution in [0.4, 0.5) is 0 Å². The van der Waals surface area contributed by atoms with Crippen LogP contribution < -0.4 is 5.32 Å². The molecule has 3 atom stereocenters. The van der Waals surface area contributed by atoms with E-state index < -0.39 is 0 Å². The van der Waals surface area contributed by atoms with E-state index in [1.54, 1.807) is 12.3 Å². The predicted octanol–water partition coefficient (Wildman–Crippen LogP) is 3.40. The molecule has 1 saturated carbocycles. The van der Waals surface area contributed by atoms with Gasteiger partial charge in [-0.15, -0.1) is 0 Å². The summed E-state index contributed by atoms with van der Waals surface area (Å²) >= 11 is 3.32. The highest BCUT2D eigenvalue weighted by atomic mass is 79.9. The maximum Gasteiger partial charge on any atom is 0.270 e. The molecule has 1 heterocycles. The van der Waals surface area contributed by atoms with Gasteiger partial charge in [0.25, 0.3) is 5.91 Å². The van der Waals surface area contributed by atoms with Crippen molar-refractivity contribution in [3.8, 4) is 0 Å². The Hall–Kier alpha value is -0.900. The molecule has 1 N–H and O–H groups in total.